The highest BCUT2D eigenvalue weighted by atomic mass is 31.2. The van der Waals surface area contributed by atoms with Crippen LogP contribution in [0.5, 0.6) is 11.5 Å². The maximum atomic E-state index is 11.0. The van der Waals surface area contributed by atoms with E-state index in [9.17, 15) is 9.13 Å². The molecule has 4 aromatic rings. The lowest BCUT2D eigenvalue weighted by atomic mass is 9.90. The molecule has 2 heterocycles. The lowest BCUT2D eigenvalue weighted by Gasteiger charge is -2.21. The Bertz CT molecular complexity index is 1450. The van der Waals surface area contributed by atoms with Crippen LogP contribution in [-0.4, -0.2) is 43.1 Å². The van der Waals surface area contributed by atoms with Gasteiger partial charge in [0.2, 0.25) is 0 Å². The van der Waals surface area contributed by atoms with E-state index in [1.807, 2.05) is 24.3 Å². The first-order valence-electron chi connectivity index (χ1n) is 10.6. The molecule has 36 heavy (non-hydrogen) atoms. The molecule has 0 spiro atoms. The van der Waals surface area contributed by atoms with E-state index in [4.69, 9.17) is 39.0 Å². The van der Waals surface area contributed by atoms with Gasteiger partial charge in [-0.15, -0.1) is 0 Å². The molecule has 2 aromatic heterocycles. The van der Waals surface area contributed by atoms with Crippen molar-refractivity contribution < 1.29 is 47.2 Å². The summed E-state index contributed by atoms with van der Waals surface area (Å²) in [5.41, 5.74) is 4.12. The average Bonchev–Trinajstić information content (AvgIpc) is 2.80. The average molecular weight is 534 g/mol. The number of benzene rings is 2. The molecule has 12 nitrogen and oxygen atoms in total. The molecule has 5 rings (SSSR count). The van der Waals surface area contributed by atoms with Crippen molar-refractivity contribution in [3.8, 4) is 22.9 Å². The first-order chi connectivity index (χ1) is 17.1. The lowest BCUT2D eigenvalue weighted by molar-refractivity contribution is 0.0826. The van der Waals surface area contributed by atoms with Crippen molar-refractivity contribution in [1.29, 1.82) is 0 Å². The molecular weight excluding hydrogens is 514 g/mol. The van der Waals surface area contributed by atoms with E-state index in [1.165, 1.54) is 0 Å². The second-order valence-electron chi connectivity index (χ2n) is 7.91. The molecule has 0 fully saturated rings. The summed E-state index contributed by atoms with van der Waals surface area (Å²) in [5, 5.41) is 1.57. The van der Waals surface area contributed by atoms with Crippen LogP contribution in [0.15, 0.2) is 48.5 Å². The number of nitrogens with zero attached hydrogens (tertiary/aromatic N) is 2. The van der Waals surface area contributed by atoms with E-state index >= 15 is 0 Å². The summed E-state index contributed by atoms with van der Waals surface area (Å²) in [4.78, 5) is 45.2. The van der Waals surface area contributed by atoms with Crippen LogP contribution in [0.2, 0.25) is 0 Å². The first kappa shape index (κ1) is 24.8. The molecule has 0 unspecified atom stereocenters. The quantitative estimate of drug-likeness (QED) is 0.192. The van der Waals surface area contributed by atoms with Crippen LogP contribution in [-0.2, 0) is 31.0 Å². The maximum Gasteiger partial charge on any atom is 0.472 e. The third-order valence-electron chi connectivity index (χ3n) is 5.53. The maximum absolute atomic E-state index is 11.0. The van der Waals surface area contributed by atoms with Gasteiger partial charge >= 0.3 is 15.6 Å². The number of hydrogen-bond acceptors (Lipinski definition) is 8. The van der Waals surface area contributed by atoms with Crippen LogP contribution in [0.25, 0.3) is 33.2 Å². The third-order valence-corrected chi connectivity index (χ3v) is 6.42. The molecule has 0 bridgehead atoms. The summed E-state index contributed by atoms with van der Waals surface area (Å²) in [5.74, 6) is 0.575. The largest absolute Gasteiger partial charge is 0.472 e. The number of aromatic nitrogens is 2. The van der Waals surface area contributed by atoms with Gasteiger partial charge in [0.05, 0.1) is 11.4 Å². The molecule has 1 aliphatic carbocycles. The number of phosphoric acid groups is 2. The summed E-state index contributed by atoms with van der Waals surface area (Å²) < 4.78 is 41.6. The standard InChI is InChI=1S/C22H20N2O10P2/c25-35(26,27)33-11-31-17-5-1-3-13-9-15-7-8-16-10-14-4-2-6-18(32-12-34-36(28,29)30)20(14)24-22(16)21(15)23-19(13)17/h1-6,9-10H,7-8,11-12H2,(H2,25,26,27)(H2,28,29,30). The first-order valence-corrected chi connectivity index (χ1v) is 13.6. The fraction of sp³-hybridized carbons (Fsp3) is 0.182. The number of ether oxygens (including phenoxy) is 2. The summed E-state index contributed by atoms with van der Waals surface area (Å²) in [6, 6.07) is 14.4. The zero-order valence-corrected chi connectivity index (χ0v) is 20.3. The van der Waals surface area contributed by atoms with Crippen LogP contribution in [0.1, 0.15) is 11.1 Å². The van der Waals surface area contributed by atoms with Crippen molar-refractivity contribution in [2.45, 2.75) is 12.8 Å². The van der Waals surface area contributed by atoms with Crippen molar-refractivity contribution >= 4 is 37.5 Å². The number of fused-ring (bicyclic) bond motifs is 5. The van der Waals surface area contributed by atoms with Crippen molar-refractivity contribution in [2.75, 3.05) is 13.6 Å². The van der Waals surface area contributed by atoms with Gasteiger partial charge in [0.1, 0.15) is 22.5 Å². The molecule has 1 aliphatic rings. The number of hydrogen-bond donors (Lipinski definition) is 4. The second kappa shape index (κ2) is 9.51. The van der Waals surface area contributed by atoms with Gasteiger partial charge < -0.3 is 29.0 Å². The zero-order chi connectivity index (χ0) is 25.5. The zero-order valence-electron chi connectivity index (χ0n) is 18.5. The van der Waals surface area contributed by atoms with Crippen molar-refractivity contribution in [1.82, 2.24) is 9.97 Å². The van der Waals surface area contributed by atoms with E-state index in [2.05, 4.69) is 9.05 Å². The molecule has 2 aromatic carbocycles. The predicted octanol–water partition coefficient (Wildman–Crippen LogP) is 3.44. The third kappa shape index (κ3) is 5.41. The Morgan fingerprint density at radius 3 is 1.50 bits per heavy atom. The highest BCUT2D eigenvalue weighted by Gasteiger charge is 2.23. The normalized spacial score (nSPS) is 13.4. The van der Waals surface area contributed by atoms with E-state index in [0.29, 0.717) is 22.4 Å². The highest BCUT2D eigenvalue weighted by molar-refractivity contribution is 7.46. The Hall–Kier alpha value is -2.92. The van der Waals surface area contributed by atoms with Gasteiger partial charge in [-0.05, 0) is 48.2 Å². The van der Waals surface area contributed by atoms with Gasteiger partial charge in [0.25, 0.3) is 0 Å². The van der Waals surface area contributed by atoms with Gasteiger partial charge in [-0.25, -0.2) is 28.1 Å². The van der Waals surface area contributed by atoms with Crippen molar-refractivity contribution in [2.24, 2.45) is 0 Å². The van der Waals surface area contributed by atoms with Gasteiger partial charge in [-0.3, -0.25) is 0 Å². The van der Waals surface area contributed by atoms with Crippen LogP contribution < -0.4 is 9.47 Å². The van der Waals surface area contributed by atoms with E-state index in [1.54, 1.807) is 24.3 Å². The summed E-state index contributed by atoms with van der Waals surface area (Å²) in [6.45, 7) is -1.31. The fourth-order valence-electron chi connectivity index (χ4n) is 4.04. The van der Waals surface area contributed by atoms with E-state index < -0.39 is 29.2 Å². The Morgan fingerprint density at radius 2 is 1.11 bits per heavy atom. The van der Waals surface area contributed by atoms with Crippen LogP contribution in [0, 0.1) is 0 Å². The number of aryl methyl sites for hydroxylation is 2. The molecule has 0 aliphatic heterocycles. The number of para-hydroxylation sites is 2. The Balaban J connectivity index is 1.55. The summed E-state index contributed by atoms with van der Waals surface area (Å²) in [6.07, 6.45) is 1.47. The van der Waals surface area contributed by atoms with Crippen LogP contribution >= 0.6 is 15.6 Å². The minimum Gasteiger partial charge on any atom is -0.465 e. The summed E-state index contributed by atoms with van der Waals surface area (Å²) in [7, 11) is -9.38. The van der Waals surface area contributed by atoms with Gasteiger partial charge in [-0.2, -0.15) is 0 Å². The monoisotopic (exact) mass is 534 g/mol. The second-order valence-corrected chi connectivity index (χ2v) is 10.4. The van der Waals surface area contributed by atoms with Crippen molar-refractivity contribution in [3.63, 3.8) is 0 Å². The number of rotatable bonds is 8. The van der Waals surface area contributed by atoms with Gasteiger partial charge in [0.15, 0.2) is 13.6 Å². The predicted molar refractivity (Wildman–Crippen MR) is 127 cm³/mol. The molecule has 0 atom stereocenters. The molecule has 0 saturated carbocycles. The molecule has 188 valence electrons. The molecule has 4 N–H and O–H groups in total. The molecule has 14 heteroatoms. The lowest BCUT2D eigenvalue weighted by Crippen LogP contribution is -2.09. The van der Waals surface area contributed by atoms with Crippen LogP contribution in [0.3, 0.4) is 0 Å². The highest BCUT2D eigenvalue weighted by Crippen LogP contribution is 2.40. The van der Waals surface area contributed by atoms with E-state index in [0.717, 1.165) is 34.7 Å². The molecule has 0 radical (unpaired) electrons. The Kier molecular flexibility index (Phi) is 6.54. The van der Waals surface area contributed by atoms with Gasteiger partial charge in [-0.1, -0.05) is 24.3 Å². The summed E-state index contributed by atoms with van der Waals surface area (Å²) >= 11 is 0. The SMILES string of the molecule is O=P(O)(O)OCOc1cccc2cc3c(nc12)-c1nc2c(OCOP(=O)(O)O)cccc2cc1CC3. The van der Waals surface area contributed by atoms with Crippen molar-refractivity contribution in [3.05, 3.63) is 59.7 Å². The Morgan fingerprint density at radius 1 is 0.694 bits per heavy atom. The van der Waals surface area contributed by atoms with E-state index in [-0.39, 0.29) is 11.5 Å². The number of phosphoric ester groups is 2. The Labute approximate surface area is 203 Å². The topological polar surface area (TPSA) is 178 Å². The fourth-order valence-corrected chi connectivity index (χ4v) is 4.42. The number of pyridine rings is 2. The minimum atomic E-state index is -4.69. The molecule has 0 amide bonds. The molecular formula is C22H20N2O10P2. The minimum absolute atomic E-state index is 0.287. The van der Waals surface area contributed by atoms with Crippen LogP contribution in [0.4, 0.5) is 0 Å². The molecule has 0 saturated heterocycles. The van der Waals surface area contributed by atoms with Gasteiger partial charge in [0, 0.05) is 10.8 Å². The smallest absolute Gasteiger partial charge is 0.465 e.